The Labute approximate surface area is 172 Å². The van der Waals surface area contributed by atoms with Crippen molar-refractivity contribution in [3.63, 3.8) is 0 Å². The van der Waals surface area contributed by atoms with E-state index in [4.69, 9.17) is 5.21 Å². The van der Waals surface area contributed by atoms with Crippen LogP contribution in [0.1, 0.15) is 57.4 Å². The van der Waals surface area contributed by atoms with E-state index in [2.05, 4.69) is 12.2 Å². The Morgan fingerprint density at radius 2 is 1.79 bits per heavy atom. The van der Waals surface area contributed by atoms with Gasteiger partial charge in [0.1, 0.15) is 6.04 Å². The van der Waals surface area contributed by atoms with Crippen molar-refractivity contribution in [2.45, 2.75) is 64.3 Å². The van der Waals surface area contributed by atoms with Crippen molar-refractivity contribution < 1.29 is 19.6 Å². The summed E-state index contributed by atoms with van der Waals surface area (Å²) >= 11 is 0. The van der Waals surface area contributed by atoms with Crippen molar-refractivity contribution in [2.24, 2.45) is 5.92 Å². The van der Waals surface area contributed by atoms with Crippen LogP contribution in [0.5, 0.6) is 0 Å². The van der Waals surface area contributed by atoms with Gasteiger partial charge in [-0.25, -0.2) is 5.48 Å². The van der Waals surface area contributed by atoms with Gasteiger partial charge in [0.15, 0.2) is 0 Å². The van der Waals surface area contributed by atoms with Crippen molar-refractivity contribution in [1.82, 2.24) is 15.7 Å². The third-order valence-electron chi connectivity index (χ3n) is 5.40. The lowest BCUT2D eigenvalue weighted by Crippen LogP contribution is -2.50. The lowest BCUT2D eigenvalue weighted by molar-refractivity contribution is -0.138. The number of benzene rings is 1. The lowest BCUT2D eigenvalue weighted by Gasteiger charge is -2.26. The van der Waals surface area contributed by atoms with E-state index in [0.29, 0.717) is 25.9 Å². The van der Waals surface area contributed by atoms with Crippen LogP contribution in [0.4, 0.5) is 0 Å². The molecule has 1 unspecified atom stereocenters. The summed E-state index contributed by atoms with van der Waals surface area (Å²) in [6.07, 6.45) is 5.61. The maximum absolute atomic E-state index is 13.0. The number of unbranched alkanes of at least 4 members (excludes halogenated alkanes) is 2. The van der Waals surface area contributed by atoms with Gasteiger partial charge >= 0.3 is 0 Å². The first kappa shape index (κ1) is 22.9. The first-order valence-corrected chi connectivity index (χ1v) is 10.6. The summed E-state index contributed by atoms with van der Waals surface area (Å²) in [4.78, 5) is 39.5. The maximum atomic E-state index is 13.0. The summed E-state index contributed by atoms with van der Waals surface area (Å²) in [7, 11) is 0. The van der Waals surface area contributed by atoms with Crippen molar-refractivity contribution in [3.05, 3.63) is 35.9 Å². The molecule has 0 spiro atoms. The minimum absolute atomic E-state index is 0.0707. The Kier molecular flexibility index (Phi) is 9.64. The van der Waals surface area contributed by atoms with Crippen LogP contribution < -0.4 is 10.8 Å². The fraction of sp³-hybridized carbons (Fsp3) is 0.591. The number of hydrogen-bond donors (Lipinski definition) is 3. The van der Waals surface area contributed by atoms with E-state index in [1.165, 1.54) is 0 Å². The minimum Gasteiger partial charge on any atom is -0.344 e. The molecule has 0 radical (unpaired) electrons. The topological polar surface area (TPSA) is 98.7 Å². The molecular weight excluding hydrogens is 370 g/mol. The number of amides is 3. The van der Waals surface area contributed by atoms with Gasteiger partial charge in [0.2, 0.25) is 17.7 Å². The molecule has 3 amide bonds. The zero-order valence-electron chi connectivity index (χ0n) is 17.2. The smallest absolute Gasteiger partial charge is 0.245 e. The van der Waals surface area contributed by atoms with Gasteiger partial charge in [-0.3, -0.25) is 19.6 Å². The van der Waals surface area contributed by atoms with Gasteiger partial charge in [-0.15, -0.1) is 0 Å². The Hall–Kier alpha value is -2.41. The molecule has 7 nitrogen and oxygen atoms in total. The summed E-state index contributed by atoms with van der Waals surface area (Å²) in [6, 6.07) is 8.95. The van der Waals surface area contributed by atoms with Gasteiger partial charge in [-0.1, -0.05) is 56.5 Å². The summed E-state index contributed by atoms with van der Waals surface area (Å²) in [6.45, 7) is 3.50. The second-order valence-electron chi connectivity index (χ2n) is 7.72. The van der Waals surface area contributed by atoms with E-state index >= 15 is 0 Å². The first-order chi connectivity index (χ1) is 14.0. The van der Waals surface area contributed by atoms with Gasteiger partial charge in [0.05, 0.1) is 0 Å². The molecule has 2 rings (SSSR count). The molecule has 3 N–H and O–H groups in total. The quantitative estimate of drug-likeness (QED) is 0.300. The predicted octanol–water partition coefficient (Wildman–Crippen LogP) is 2.43. The highest BCUT2D eigenvalue weighted by molar-refractivity contribution is 5.90. The number of carbonyl (C=O) groups excluding carboxylic acids is 3. The Morgan fingerprint density at radius 3 is 2.41 bits per heavy atom. The summed E-state index contributed by atoms with van der Waals surface area (Å²) in [5.74, 6) is -1.54. The number of hydrogen-bond acceptors (Lipinski definition) is 4. The molecule has 2 atom stereocenters. The third-order valence-corrected chi connectivity index (χ3v) is 5.40. The fourth-order valence-electron chi connectivity index (χ4n) is 3.73. The van der Waals surface area contributed by atoms with E-state index in [1.54, 1.807) is 10.4 Å². The van der Waals surface area contributed by atoms with Crippen LogP contribution in [0.25, 0.3) is 0 Å². The fourth-order valence-corrected chi connectivity index (χ4v) is 3.73. The number of hydroxylamine groups is 1. The average Bonchev–Trinajstić information content (AvgIpc) is 3.27. The molecule has 29 heavy (non-hydrogen) atoms. The van der Waals surface area contributed by atoms with E-state index < -0.39 is 17.9 Å². The highest BCUT2D eigenvalue weighted by atomic mass is 16.5. The Balaban J connectivity index is 2.11. The average molecular weight is 404 g/mol. The zero-order valence-corrected chi connectivity index (χ0v) is 17.2. The molecule has 0 aliphatic carbocycles. The molecular formula is C22H33N3O4. The molecule has 0 aromatic heterocycles. The number of nitrogens with zero attached hydrogens (tertiary/aromatic N) is 1. The SMILES string of the molecule is CCCCCC(CC(=O)NO)C(=O)N[C@H](Cc1ccccc1)C(=O)N1CCCC1. The second kappa shape index (κ2) is 12.2. The van der Waals surface area contributed by atoms with E-state index in [-0.39, 0.29) is 18.2 Å². The molecule has 0 bridgehead atoms. The van der Waals surface area contributed by atoms with Gasteiger partial charge in [-0.05, 0) is 24.8 Å². The van der Waals surface area contributed by atoms with Crippen LogP contribution in [0.15, 0.2) is 30.3 Å². The van der Waals surface area contributed by atoms with E-state index in [9.17, 15) is 14.4 Å². The third kappa shape index (κ3) is 7.49. The van der Waals surface area contributed by atoms with Crippen LogP contribution in [0.2, 0.25) is 0 Å². The van der Waals surface area contributed by atoms with Crippen LogP contribution in [-0.2, 0) is 20.8 Å². The molecule has 1 aliphatic heterocycles. The van der Waals surface area contributed by atoms with Crippen molar-refractivity contribution in [2.75, 3.05) is 13.1 Å². The highest BCUT2D eigenvalue weighted by Crippen LogP contribution is 2.17. The van der Waals surface area contributed by atoms with Gasteiger partial charge in [0, 0.05) is 31.8 Å². The van der Waals surface area contributed by atoms with Crippen molar-refractivity contribution >= 4 is 17.7 Å². The standard InChI is InChI=1S/C22H33N3O4/c1-2-3-5-12-18(16-20(26)24-29)21(27)23-19(15-17-10-6-4-7-11-17)22(28)25-13-8-9-14-25/h4,6-7,10-11,18-19,29H,2-3,5,8-9,12-16H2,1H3,(H,23,27)(H,24,26)/t18?,19-/m1/s1. The molecule has 1 fully saturated rings. The summed E-state index contributed by atoms with van der Waals surface area (Å²) in [5.41, 5.74) is 2.58. The normalized spacial score (nSPS) is 15.6. The van der Waals surface area contributed by atoms with Crippen LogP contribution >= 0.6 is 0 Å². The molecule has 0 saturated carbocycles. The molecule has 160 valence electrons. The van der Waals surface area contributed by atoms with E-state index in [0.717, 1.165) is 37.7 Å². The molecule has 1 aromatic carbocycles. The van der Waals surface area contributed by atoms with Gasteiger partial charge < -0.3 is 10.2 Å². The Morgan fingerprint density at radius 1 is 1.10 bits per heavy atom. The number of nitrogens with one attached hydrogen (secondary N) is 2. The monoisotopic (exact) mass is 403 g/mol. The minimum atomic E-state index is -0.658. The van der Waals surface area contributed by atoms with Gasteiger partial charge in [-0.2, -0.15) is 0 Å². The van der Waals surface area contributed by atoms with Crippen LogP contribution in [0.3, 0.4) is 0 Å². The molecule has 7 heteroatoms. The van der Waals surface area contributed by atoms with Gasteiger partial charge in [0.25, 0.3) is 0 Å². The molecule has 1 aromatic rings. The lowest BCUT2D eigenvalue weighted by atomic mass is 9.95. The van der Waals surface area contributed by atoms with Crippen molar-refractivity contribution in [3.8, 4) is 0 Å². The van der Waals surface area contributed by atoms with Crippen LogP contribution in [-0.4, -0.2) is 47.0 Å². The van der Waals surface area contributed by atoms with Crippen molar-refractivity contribution in [1.29, 1.82) is 0 Å². The number of rotatable bonds is 11. The molecule has 1 heterocycles. The largest absolute Gasteiger partial charge is 0.344 e. The summed E-state index contributed by atoms with van der Waals surface area (Å²) < 4.78 is 0. The van der Waals surface area contributed by atoms with E-state index in [1.807, 2.05) is 30.3 Å². The Bertz CT molecular complexity index is 659. The highest BCUT2D eigenvalue weighted by Gasteiger charge is 2.30. The molecule has 1 aliphatic rings. The molecule has 1 saturated heterocycles. The zero-order chi connectivity index (χ0) is 21.1. The number of likely N-dealkylation sites (tertiary alicyclic amines) is 1. The predicted molar refractivity (Wildman–Crippen MR) is 110 cm³/mol. The maximum Gasteiger partial charge on any atom is 0.245 e. The first-order valence-electron chi connectivity index (χ1n) is 10.6. The van der Waals surface area contributed by atoms with Crippen LogP contribution in [0, 0.1) is 5.92 Å². The second-order valence-corrected chi connectivity index (χ2v) is 7.72. The number of carbonyl (C=O) groups is 3. The summed E-state index contributed by atoms with van der Waals surface area (Å²) in [5, 5.41) is 11.8.